The summed E-state index contributed by atoms with van der Waals surface area (Å²) in [7, 11) is 0. The lowest BCUT2D eigenvalue weighted by Gasteiger charge is -2.20. The number of para-hydroxylation sites is 1. The smallest absolute Gasteiger partial charge is 0.277 e. The second-order valence-electron chi connectivity index (χ2n) is 6.84. The molecule has 4 nitrogen and oxygen atoms in total. The van der Waals surface area contributed by atoms with E-state index >= 15 is 0 Å². The van der Waals surface area contributed by atoms with Crippen LogP contribution in [-0.2, 0) is 13.1 Å². The first-order chi connectivity index (χ1) is 11.8. The molecule has 2 heterocycles. The average molecular weight is 321 g/mol. The molecule has 1 aromatic rings. The van der Waals surface area contributed by atoms with E-state index in [1.165, 1.54) is 32.1 Å². The third-order valence-electron chi connectivity index (χ3n) is 5.18. The van der Waals surface area contributed by atoms with Crippen LogP contribution in [0.2, 0.25) is 0 Å². The highest BCUT2D eigenvalue weighted by molar-refractivity contribution is 5.93. The Kier molecular flexibility index (Phi) is 3.97. The quantitative estimate of drug-likeness (QED) is 0.680. The highest BCUT2D eigenvalue weighted by Crippen LogP contribution is 2.29. The van der Waals surface area contributed by atoms with E-state index in [1.807, 2.05) is 24.4 Å². The molecule has 0 amide bonds. The summed E-state index contributed by atoms with van der Waals surface area (Å²) < 4.78 is 3.78. The van der Waals surface area contributed by atoms with Crippen LogP contribution >= 0.6 is 0 Å². The molecule has 0 spiro atoms. The van der Waals surface area contributed by atoms with Gasteiger partial charge in [-0.15, -0.1) is 6.58 Å². The van der Waals surface area contributed by atoms with Crippen molar-refractivity contribution in [2.75, 3.05) is 0 Å². The van der Waals surface area contributed by atoms with E-state index in [9.17, 15) is 4.79 Å². The van der Waals surface area contributed by atoms with Gasteiger partial charge in [-0.2, -0.15) is 5.10 Å². The number of hydrogen-bond donors (Lipinski definition) is 0. The number of allylic oxidation sites excluding steroid dienone is 1. The largest absolute Gasteiger partial charge is 0.343 e. The van der Waals surface area contributed by atoms with Crippen LogP contribution in [0.15, 0.2) is 47.9 Å². The van der Waals surface area contributed by atoms with Crippen molar-refractivity contribution in [3.8, 4) is 11.3 Å². The maximum atomic E-state index is 12.9. The highest BCUT2D eigenvalue weighted by atomic mass is 16.1. The zero-order chi connectivity index (χ0) is 16.5. The minimum Gasteiger partial charge on any atom is -0.343 e. The molecule has 1 fully saturated rings. The maximum Gasteiger partial charge on any atom is 0.277 e. The summed E-state index contributed by atoms with van der Waals surface area (Å²) in [6, 6.07) is 8.15. The van der Waals surface area contributed by atoms with Gasteiger partial charge in [-0.3, -0.25) is 4.79 Å². The molecule has 0 radical (unpaired) electrons. The van der Waals surface area contributed by atoms with Crippen molar-refractivity contribution >= 4 is 10.9 Å². The Morgan fingerprint density at radius 1 is 1.21 bits per heavy atom. The molecule has 0 unspecified atom stereocenters. The van der Waals surface area contributed by atoms with E-state index in [-0.39, 0.29) is 5.56 Å². The van der Waals surface area contributed by atoms with Gasteiger partial charge >= 0.3 is 0 Å². The molecule has 0 N–H and O–H groups in total. The van der Waals surface area contributed by atoms with Gasteiger partial charge in [0.05, 0.1) is 11.1 Å². The van der Waals surface area contributed by atoms with Crippen LogP contribution in [0.4, 0.5) is 0 Å². The predicted molar refractivity (Wildman–Crippen MR) is 97.4 cm³/mol. The molecule has 1 saturated carbocycles. The third-order valence-corrected chi connectivity index (χ3v) is 5.18. The fourth-order valence-electron chi connectivity index (χ4n) is 3.95. The average Bonchev–Trinajstić information content (AvgIpc) is 2.93. The van der Waals surface area contributed by atoms with Gasteiger partial charge in [0.2, 0.25) is 0 Å². The Morgan fingerprint density at radius 3 is 2.79 bits per heavy atom. The Hall–Kier alpha value is -2.36. The number of nitrogens with zero attached hydrogens (tertiary/aromatic N) is 3. The van der Waals surface area contributed by atoms with Gasteiger partial charge in [0.15, 0.2) is 0 Å². The van der Waals surface area contributed by atoms with Crippen molar-refractivity contribution in [2.45, 2.75) is 45.2 Å². The van der Waals surface area contributed by atoms with Crippen molar-refractivity contribution in [2.24, 2.45) is 5.92 Å². The van der Waals surface area contributed by atoms with Crippen molar-refractivity contribution in [3.63, 3.8) is 0 Å². The summed E-state index contributed by atoms with van der Waals surface area (Å²) in [6.45, 7) is 5.27. The molecule has 1 aromatic carbocycles. The number of aromatic nitrogens is 3. The maximum absolute atomic E-state index is 12.9. The predicted octanol–water partition coefficient (Wildman–Crippen LogP) is 4.07. The highest BCUT2D eigenvalue weighted by Gasteiger charge is 2.22. The minimum atomic E-state index is 0.0409. The second-order valence-corrected chi connectivity index (χ2v) is 6.84. The molecule has 0 bridgehead atoms. The van der Waals surface area contributed by atoms with Crippen LogP contribution in [0.5, 0.6) is 0 Å². The summed E-state index contributed by atoms with van der Waals surface area (Å²) in [5, 5.41) is 5.74. The number of pyridine rings is 1. The van der Waals surface area contributed by atoms with E-state index in [4.69, 9.17) is 5.10 Å². The van der Waals surface area contributed by atoms with E-state index < -0.39 is 0 Å². The molecular formula is C20H23N3O. The SMILES string of the molecule is C=CCn1cc2c(=O)n(CC3CCCCC3)nc-2c2ccccc21. The number of hydrogen-bond acceptors (Lipinski definition) is 2. The Labute approximate surface area is 141 Å². The summed E-state index contributed by atoms with van der Waals surface area (Å²) in [5.41, 5.74) is 2.67. The molecule has 4 rings (SSSR count). The normalized spacial score (nSPS) is 16.0. The summed E-state index contributed by atoms with van der Waals surface area (Å²) in [5.74, 6) is 0.590. The number of benzene rings is 1. The first-order valence-electron chi connectivity index (χ1n) is 8.87. The molecule has 0 saturated heterocycles. The second kappa shape index (κ2) is 6.27. The van der Waals surface area contributed by atoms with Gasteiger partial charge in [-0.1, -0.05) is 43.5 Å². The van der Waals surface area contributed by atoms with Gasteiger partial charge in [0, 0.05) is 24.7 Å². The van der Waals surface area contributed by atoms with Gasteiger partial charge in [0.25, 0.3) is 5.56 Å². The van der Waals surface area contributed by atoms with Crippen LogP contribution in [-0.4, -0.2) is 14.3 Å². The number of rotatable bonds is 4. The fourth-order valence-corrected chi connectivity index (χ4v) is 3.95. The van der Waals surface area contributed by atoms with Crippen molar-refractivity contribution in [1.29, 1.82) is 0 Å². The molecule has 3 aliphatic rings. The lowest BCUT2D eigenvalue weighted by molar-refractivity contribution is 0.305. The van der Waals surface area contributed by atoms with Crippen LogP contribution in [0.1, 0.15) is 32.1 Å². The van der Waals surface area contributed by atoms with Crippen LogP contribution in [0.3, 0.4) is 0 Å². The molecular weight excluding hydrogens is 298 g/mol. The molecule has 0 atom stereocenters. The van der Waals surface area contributed by atoms with Gasteiger partial charge in [0.1, 0.15) is 5.69 Å². The summed E-state index contributed by atoms with van der Waals surface area (Å²) in [6.07, 6.45) is 10.1. The molecule has 4 heteroatoms. The summed E-state index contributed by atoms with van der Waals surface area (Å²) >= 11 is 0. The Bertz CT molecular complexity index is 899. The van der Waals surface area contributed by atoms with Crippen molar-refractivity contribution < 1.29 is 0 Å². The van der Waals surface area contributed by atoms with Gasteiger partial charge in [-0.25, -0.2) is 4.68 Å². The zero-order valence-corrected chi connectivity index (χ0v) is 13.9. The molecule has 124 valence electrons. The lowest BCUT2D eigenvalue weighted by atomic mass is 9.89. The minimum absolute atomic E-state index is 0.0409. The van der Waals surface area contributed by atoms with E-state index in [0.717, 1.165) is 23.1 Å². The molecule has 1 aliphatic carbocycles. The Balaban J connectivity index is 1.84. The first-order valence-corrected chi connectivity index (χ1v) is 8.87. The van der Waals surface area contributed by atoms with Crippen LogP contribution < -0.4 is 5.56 Å². The lowest BCUT2D eigenvalue weighted by Crippen LogP contribution is -2.23. The van der Waals surface area contributed by atoms with Crippen LogP contribution in [0.25, 0.3) is 22.2 Å². The van der Waals surface area contributed by atoms with Crippen LogP contribution in [0, 0.1) is 5.92 Å². The first kappa shape index (κ1) is 15.2. The van der Waals surface area contributed by atoms with E-state index in [2.05, 4.69) is 23.3 Å². The summed E-state index contributed by atoms with van der Waals surface area (Å²) in [4.78, 5) is 12.9. The third kappa shape index (κ3) is 2.56. The topological polar surface area (TPSA) is 39.8 Å². The Morgan fingerprint density at radius 2 is 2.00 bits per heavy atom. The van der Waals surface area contributed by atoms with Crippen molar-refractivity contribution in [1.82, 2.24) is 14.3 Å². The monoisotopic (exact) mass is 321 g/mol. The number of fused-ring (bicyclic) bond motifs is 3. The molecule has 2 aliphatic heterocycles. The standard InChI is InChI=1S/C20H23N3O/c1-2-12-22-14-17-19(16-10-6-7-11-18(16)22)21-23(20(17)24)13-15-8-4-3-5-9-15/h2,6-7,10-11,14-15H,1,3-5,8-9,12-13H2. The molecule has 24 heavy (non-hydrogen) atoms. The zero-order valence-electron chi connectivity index (χ0n) is 13.9. The van der Waals surface area contributed by atoms with Gasteiger partial charge < -0.3 is 4.57 Å². The fraction of sp³-hybridized carbons (Fsp3) is 0.400. The van der Waals surface area contributed by atoms with Gasteiger partial charge in [-0.05, 0) is 24.8 Å². The van der Waals surface area contributed by atoms with Crippen molar-refractivity contribution in [3.05, 3.63) is 53.5 Å². The van der Waals surface area contributed by atoms with E-state index in [1.54, 1.807) is 4.68 Å². The molecule has 0 aromatic heterocycles. The van der Waals surface area contributed by atoms with E-state index in [0.29, 0.717) is 18.0 Å².